The van der Waals surface area contributed by atoms with Crippen molar-refractivity contribution in [1.82, 2.24) is 15.5 Å². The van der Waals surface area contributed by atoms with Crippen LogP contribution in [0.25, 0.3) is 0 Å². The number of nitrogens with zero attached hydrogens (tertiary/aromatic N) is 1. The lowest BCUT2D eigenvalue weighted by molar-refractivity contribution is -0.145. The van der Waals surface area contributed by atoms with Gasteiger partial charge in [-0.2, -0.15) is 11.8 Å². The van der Waals surface area contributed by atoms with E-state index in [1.165, 1.54) is 4.90 Å². The van der Waals surface area contributed by atoms with Crippen LogP contribution in [0.3, 0.4) is 0 Å². The first kappa shape index (κ1) is 30.8. The fourth-order valence-corrected chi connectivity index (χ4v) is 5.12. The van der Waals surface area contributed by atoms with Gasteiger partial charge in [0.05, 0.1) is 0 Å². The Morgan fingerprint density at radius 2 is 1.81 bits per heavy atom. The number of aryl methyl sites for hydroxylation is 1. The molecule has 1 aliphatic rings. The maximum Gasteiger partial charge on any atom is 0.408 e. The fourth-order valence-electron chi connectivity index (χ4n) is 4.65. The largest absolute Gasteiger partial charge is 0.507 e. The third-order valence-corrected chi connectivity index (χ3v) is 7.10. The number of carbonyl (C=O) groups is 3. The van der Waals surface area contributed by atoms with Crippen molar-refractivity contribution in [2.75, 3.05) is 12.0 Å². The quantitative estimate of drug-likeness (QED) is 0.386. The number of alkyl carbamates (subject to hydrolysis) is 1. The van der Waals surface area contributed by atoms with Gasteiger partial charge in [-0.25, -0.2) is 4.79 Å². The van der Waals surface area contributed by atoms with E-state index in [-0.39, 0.29) is 29.6 Å². The molecule has 37 heavy (non-hydrogen) atoms. The molecule has 0 heterocycles. The summed E-state index contributed by atoms with van der Waals surface area (Å²) in [6, 6.07) is 2.95. The lowest BCUT2D eigenvalue weighted by Crippen LogP contribution is -2.56. The number of aromatic hydroxyl groups is 1. The SMILES string of the molecule is CSCCC(NC(=O)OC(C)(C)C)C(=O)N(C(C)C)C(C(=O)NC1CCCCC1)c1cccc(C)c1O. The van der Waals surface area contributed by atoms with Crippen LogP contribution in [0.2, 0.25) is 0 Å². The molecule has 0 bridgehead atoms. The molecule has 0 saturated heterocycles. The Bertz CT molecular complexity index is 925. The van der Waals surface area contributed by atoms with Crippen LogP contribution in [0.5, 0.6) is 5.75 Å². The van der Waals surface area contributed by atoms with Crippen molar-refractivity contribution in [3.05, 3.63) is 29.3 Å². The lowest BCUT2D eigenvalue weighted by atomic mass is 9.93. The predicted molar refractivity (Wildman–Crippen MR) is 149 cm³/mol. The molecule has 2 unspecified atom stereocenters. The zero-order valence-electron chi connectivity index (χ0n) is 23.4. The third-order valence-electron chi connectivity index (χ3n) is 6.45. The number of hydrogen-bond acceptors (Lipinski definition) is 6. The van der Waals surface area contributed by atoms with E-state index in [9.17, 15) is 19.5 Å². The summed E-state index contributed by atoms with van der Waals surface area (Å²) in [4.78, 5) is 42.1. The number of thioether (sulfide) groups is 1. The van der Waals surface area contributed by atoms with Gasteiger partial charge in [0.25, 0.3) is 0 Å². The van der Waals surface area contributed by atoms with Crippen molar-refractivity contribution in [1.29, 1.82) is 0 Å². The van der Waals surface area contributed by atoms with Gasteiger partial charge in [0.2, 0.25) is 11.8 Å². The van der Waals surface area contributed by atoms with Crippen molar-refractivity contribution in [3.8, 4) is 5.75 Å². The van der Waals surface area contributed by atoms with Gasteiger partial charge in [-0.1, -0.05) is 37.5 Å². The third kappa shape index (κ3) is 9.13. The van der Waals surface area contributed by atoms with E-state index < -0.39 is 23.8 Å². The van der Waals surface area contributed by atoms with E-state index in [1.807, 2.05) is 20.1 Å². The highest BCUT2D eigenvalue weighted by Gasteiger charge is 2.39. The van der Waals surface area contributed by atoms with Crippen LogP contribution in [0, 0.1) is 6.92 Å². The van der Waals surface area contributed by atoms with Crippen LogP contribution in [0.4, 0.5) is 4.79 Å². The van der Waals surface area contributed by atoms with Gasteiger partial charge in [0.1, 0.15) is 23.4 Å². The summed E-state index contributed by atoms with van der Waals surface area (Å²) in [5.74, 6) is -0.0897. The second-order valence-electron chi connectivity index (χ2n) is 11.1. The molecule has 3 amide bonds. The number of amides is 3. The first-order valence-electron chi connectivity index (χ1n) is 13.2. The number of hydrogen-bond donors (Lipinski definition) is 3. The molecule has 208 valence electrons. The highest BCUT2D eigenvalue weighted by molar-refractivity contribution is 7.98. The molecule has 1 aromatic carbocycles. The standard InChI is InChI=1S/C28H45N3O5S/c1-18(2)31(26(34)22(16-17-37-7)30-27(35)36-28(4,5)6)23(21-15-11-12-19(3)24(21)32)25(33)29-20-13-9-8-10-14-20/h11-12,15,18,20,22-23,32H,8-10,13-14,16-17H2,1-7H3,(H,29,33)(H,30,35). The van der Waals surface area contributed by atoms with E-state index in [2.05, 4.69) is 10.6 Å². The second kappa shape index (κ2) is 13.9. The molecular weight excluding hydrogens is 490 g/mol. The Morgan fingerprint density at radius 3 is 2.38 bits per heavy atom. The molecule has 0 radical (unpaired) electrons. The molecule has 1 fully saturated rings. The van der Waals surface area contributed by atoms with Gasteiger partial charge in [-0.3, -0.25) is 9.59 Å². The van der Waals surface area contributed by atoms with Gasteiger partial charge in [0, 0.05) is 17.6 Å². The van der Waals surface area contributed by atoms with Crippen LogP contribution < -0.4 is 10.6 Å². The zero-order valence-corrected chi connectivity index (χ0v) is 24.2. The van der Waals surface area contributed by atoms with Crippen molar-refractivity contribution in [2.24, 2.45) is 0 Å². The number of carbonyl (C=O) groups excluding carboxylic acids is 3. The highest BCUT2D eigenvalue weighted by Crippen LogP contribution is 2.34. The van der Waals surface area contributed by atoms with Crippen molar-refractivity contribution in [2.45, 2.75) is 110 Å². The van der Waals surface area contributed by atoms with E-state index in [0.717, 1.165) is 32.1 Å². The minimum atomic E-state index is -1.05. The Balaban J connectivity index is 2.48. The van der Waals surface area contributed by atoms with E-state index in [4.69, 9.17) is 4.74 Å². The summed E-state index contributed by atoms with van der Waals surface area (Å²) in [7, 11) is 0. The monoisotopic (exact) mass is 535 g/mol. The Hall–Kier alpha value is -2.42. The second-order valence-corrected chi connectivity index (χ2v) is 12.1. The molecule has 0 aromatic heterocycles. The van der Waals surface area contributed by atoms with Gasteiger partial charge < -0.3 is 25.4 Å². The zero-order chi connectivity index (χ0) is 27.8. The summed E-state index contributed by atoms with van der Waals surface area (Å²) in [5.41, 5.74) is 0.274. The molecule has 1 aliphatic carbocycles. The maximum atomic E-state index is 14.1. The molecule has 2 atom stereocenters. The molecule has 9 heteroatoms. The van der Waals surface area contributed by atoms with Crippen LogP contribution in [-0.4, -0.2) is 63.6 Å². The van der Waals surface area contributed by atoms with Crippen LogP contribution in [0.1, 0.15) is 90.3 Å². The average Bonchev–Trinajstić information content (AvgIpc) is 2.81. The maximum absolute atomic E-state index is 14.1. The summed E-state index contributed by atoms with van der Waals surface area (Å²) < 4.78 is 5.42. The number of rotatable bonds is 10. The minimum absolute atomic E-state index is 0.00879. The summed E-state index contributed by atoms with van der Waals surface area (Å²) in [6.45, 7) is 10.7. The molecular formula is C28H45N3O5S. The number of benzene rings is 1. The smallest absolute Gasteiger partial charge is 0.408 e. The van der Waals surface area contributed by atoms with Crippen LogP contribution >= 0.6 is 11.8 Å². The highest BCUT2D eigenvalue weighted by atomic mass is 32.2. The molecule has 0 spiro atoms. The van der Waals surface area contributed by atoms with E-state index in [1.54, 1.807) is 57.7 Å². The number of phenols is 1. The Kier molecular flexibility index (Phi) is 11.6. The first-order chi connectivity index (χ1) is 17.4. The first-order valence-corrected chi connectivity index (χ1v) is 14.6. The van der Waals surface area contributed by atoms with Crippen molar-refractivity contribution >= 4 is 29.7 Å². The molecule has 2 rings (SSSR count). The van der Waals surface area contributed by atoms with E-state index >= 15 is 0 Å². The van der Waals surface area contributed by atoms with E-state index in [0.29, 0.717) is 23.3 Å². The predicted octanol–water partition coefficient (Wildman–Crippen LogP) is 5.07. The topological polar surface area (TPSA) is 108 Å². The molecule has 1 aromatic rings. The van der Waals surface area contributed by atoms with Crippen molar-refractivity contribution < 1.29 is 24.2 Å². The minimum Gasteiger partial charge on any atom is -0.507 e. The lowest BCUT2D eigenvalue weighted by Gasteiger charge is -2.38. The number of phenolic OH excluding ortho intramolecular Hbond substituents is 1. The van der Waals surface area contributed by atoms with Crippen LogP contribution in [-0.2, 0) is 14.3 Å². The van der Waals surface area contributed by atoms with Gasteiger partial charge >= 0.3 is 6.09 Å². The van der Waals surface area contributed by atoms with Crippen molar-refractivity contribution in [3.63, 3.8) is 0 Å². The molecule has 1 saturated carbocycles. The average molecular weight is 536 g/mol. The Labute approximate surface area is 226 Å². The Morgan fingerprint density at radius 1 is 1.16 bits per heavy atom. The van der Waals surface area contributed by atoms with Crippen LogP contribution in [0.15, 0.2) is 18.2 Å². The number of nitrogens with one attached hydrogen (secondary N) is 2. The number of para-hydroxylation sites is 1. The molecule has 8 nitrogen and oxygen atoms in total. The van der Waals surface area contributed by atoms with Gasteiger partial charge in [-0.05, 0) is 78.4 Å². The van der Waals surface area contributed by atoms with Gasteiger partial charge in [-0.15, -0.1) is 0 Å². The summed E-state index contributed by atoms with van der Waals surface area (Å²) in [6.07, 6.45) is 6.66. The van der Waals surface area contributed by atoms with Gasteiger partial charge in [0.15, 0.2) is 0 Å². The molecule has 0 aliphatic heterocycles. The summed E-state index contributed by atoms with van der Waals surface area (Å²) >= 11 is 1.56. The normalized spacial score (nSPS) is 16.1. The number of ether oxygens (including phenoxy) is 1. The fraction of sp³-hybridized carbons (Fsp3) is 0.679. The molecule has 3 N–H and O–H groups in total. The summed E-state index contributed by atoms with van der Waals surface area (Å²) in [5, 5.41) is 16.9.